The molecule has 1 aromatic rings. The molecule has 2 aliphatic carbocycles. The van der Waals surface area contributed by atoms with E-state index in [1.54, 1.807) is 6.07 Å². The summed E-state index contributed by atoms with van der Waals surface area (Å²) < 4.78 is 13.5. The summed E-state index contributed by atoms with van der Waals surface area (Å²) in [5, 5.41) is 0.237. The van der Waals surface area contributed by atoms with E-state index in [-0.39, 0.29) is 16.9 Å². The third kappa shape index (κ3) is 2.85. The Labute approximate surface area is 124 Å². The average molecular weight is 297 g/mol. The van der Waals surface area contributed by atoms with Gasteiger partial charge in [0, 0.05) is 6.04 Å². The molecule has 1 aromatic carbocycles. The molecule has 0 heterocycles. The zero-order chi connectivity index (χ0) is 14.1. The van der Waals surface area contributed by atoms with Crippen LogP contribution >= 0.6 is 11.6 Å². The molecule has 2 nitrogen and oxygen atoms in total. The molecule has 0 amide bonds. The van der Waals surface area contributed by atoms with Gasteiger partial charge in [-0.3, -0.25) is 11.3 Å². The Morgan fingerprint density at radius 2 is 2.20 bits per heavy atom. The first kappa shape index (κ1) is 14.3. The lowest BCUT2D eigenvalue weighted by Crippen LogP contribution is -2.39. The maximum atomic E-state index is 13.5. The van der Waals surface area contributed by atoms with Gasteiger partial charge in [0.15, 0.2) is 0 Å². The Morgan fingerprint density at radius 1 is 1.35 bits per heavy atom. The van der Waals surface area contributed by atoms with Crippen LogP contribution < -0.4 is 11.3 Å². The second-order valence-electron chi connectivity index (χ2n) is 6.45. The zero-order valence-corrected chi connectivity index (χ0v) is 12.4. The van der Waals surface area contributed by atoms with Crippen LogP contribution in [0.3, 0.4) is 0 Å². The van der Waals surface area contributed by atoms with E-state index in [4.69, 9.17) is 17.4 Å². The molecule has 0 radical (unpaired) electrons. The van der Waals surface area contributed by atoms with Crippen molar-refractivity contribution in [3.05, 3.63) is 34.6 Å². The molecule has 2 aliphatic rings. The predicted molar refractivity (Wildman–Crippen MR) is 79.8 cm³/mol. The zero-order valence-electron chi connectivity index (χ0n) is 11.6. The summed E-state index contributed by atoms with van der Waals surface area (Å²) >= 11 is 6.03. The molecule has 0 spiro atoms. The monoisotopic (exact) mass is 296 g/mol. The van der Waals surface area contributed by atoms with Gasteiger partial charge in [0.25, 0.3) is 0 Å². The topological polar surface area (TPSA) is 38.0 Å². The van der Waals surface area contributed by atoms with Crippen molar-refractivity contribution in [1.82, 2.24) is 5.43 Å². The van der Waals surface area contributed by atoms with Crippen LogP contribution in [0.2, 0.25) is 5.02 Å². The fraction of sp³-hybridized carbons (Fsp3) is 0.625. The maximum Gasteiger partial charge on any atom is 0.142 e. The van der Waals surface area contributed by atoms with Crippen LogP contribution in [0.15, 0.2) is 18.2 Å². The second-order valence-corrected chi connectivity index (χ2v) is 6.83. The second kappa shape index (κ2) is 6.00. The van der Waals surface area contributed by atoms with Gasteiger partial charge in [-0.1, -0.05) is 30.2 Å². The van der Waals surface area contributed by atoms with Crippen molar-refractivity contribution in [2.45, 2.75) is 44.6 Å². The molecule has 2 fully saturated rings. The average Bonchev–Trinajstić information content (AvgIpc) is 3.05. The summed E-state index contributed by atoms with van der Waals surface area (Å²) in [5.41, 5.74) is 3.75. The number of hydrogen-bond acceptors (Lipinski definition) is 2. The number of benzene rings is 1. The van der Waals surface area contributed by atoms with E-state index in [1.807, 2.05) is 6.07 Å². The summed E-state index contributed by atoms with van der Waals surface area (Å²) in [6.45, 7) is 0. The van der Waals surface area contributed by atoms with Crippen LogP contribution in [-0.2, 0) is 6.42 Å². The molecule has 0 aliphatic heterocycles. The van der Waals surface area contributed by atoms with Crippen molar-refractivity contribution in [3.63, 3.8) is 0 Å². The normalized spacial score (nSPS) is 29.9. The first-order chi connectivity index (χ1) is 9.67. The number of rotatable bonds is 5. The fourth-order valence-corrected chi connectivity index (χ4v) is 4.42. The first-order valence-corrected chi connectivity index (χ1v) is 7.94. The molecule has 2 bridgehead atoms. The summed E-state index contributed by atoms with van der Waals surface area (Å²) in [6, 6.07) is 5.17. The lowest BCUT2D eigenvalue weighted by Gasteiger charge is -2.26. The highest BCUT2D eigenvalue weighted by Crippen LogP contribution is 2.50. The van der Waals surface area contributed by atoms with Gasteiger partial charge in [0.1, 0.15) is 5.82 Å². The highest BCUT2D eigenvalue weighted by atomic mass is 35.5. The molecule has 3 N–H and O–H groups in total. The molecule has 20 heavy (non-hydrogen) atoms. The molecule has 2 saturated carbocycles. The minimum Gasteiger partial charge on any atom is -0.271 e. The van der Waals surface area contributed by atoms with E-state index in [0.29, 0.717) is 6.42 Å². The van der Waals surface area contributed by atoms with Gasteiger partial charge >= 0.3 is 0 Å². The van der Waals surface area contributed by atoms with Gasteiger partial charge in [-0.05, 0) is 61.5 Å². The molecule has 4 unspecified atom stereocenters. The number of fused-ring (bicyclic) bond motifs is 2. The smallest absolute Gasteiger partial charge is 0.142 e. The van der Waals surface area contributed by atoms with Crippen LogP contribution in [0.1, 0.15) is 37.7 Å². The quantitative estimate of drug-likeness (QED) is 0.642. The Morgan fingerprint density at radius 3 is 2.85 bits per heavy atom. The molecule has 4 atom stereocenters. The summed E-state index contributed by atoms with van der Waals surface area (Å²) in [6.07, 6.45) is 7.32. The number of nitrogens with one attached hydrogen (secondary N) is 1. The van der Waals surface area contributed by atoms with Crippen LogP contribution in [0.25, 0.3) is 0 Å². The third-order valence-electron chi connectivity index (χ3n) is 5.21. The van der Waals surface area contributed by atoms with Crippen molar-refractivity contribution in [3.8, 4) is 0 Å². The van der Waals surface area contributed by atoms with E-state index >= 15 is 0 Å². The van der Waals surface area contributed by atoms with Gasteiger partial charge in [-0.25, -0.2) is 4.39 Å². The largest absolute Gasteiger partial charge is 0.271 e. The SMILES string of the molecule is NNC(Cc1cccc(F)c1Cl)CC1CC2CCC1C2. The molecular weight excluding hydrogens is 275 g/mol. The van der Waals surface area contributed by atoms with E-state index in [9.17, 15) is 4.39 Å². The van der Waals surface area contributed by atoms with E-state index in [0.717, 1.165) is 29.7 Å². The molecular formula is C16H22ClFN2. The van der Waals surface area contributed by atoms with Gasteiger partial charge in [-0.2, -0.15) is 0 Å². The molecule has 0 saturated heterocycles. The lowest BCUT2D eigenvalue weighted by atomic mass is 9.83. The molecule has 0 aromatic heterocycles. The maximum absolute atomic E-state index is 13.5. The fourth-order valence-electron chi connectivity index (χ4n) is 4.21. The predicted octanol–water partition coefficient (Wildman–Crippen LogP) is 3.68. The standard InChI is InChI=1S/C16H22ClFN2/c17-16-12(2-1-3-15(16)18)8-14(20-19)9-13-7-10-4-5-11(13)6-10/h1-3,10-11,13-14,20H,4-9,19H2. The molecule has 110 valence electrons. The van der Waals surface area contributed by atoms with Crippen molar-refractivity contribution in [2.75, 3.05) is 0 Å². The third-order valence-corrected chi connectivity index (χ3v) is 5.63. The van der Waals surface area contributed by atoms with Crippen molar-refractivity contribution in [2.24, 2.45) is 23.6 Å². The van der Waals surface area contributed by atoms with Crippen molar-refractivity contribution in [1.29, 1.82) is 0 Å². The van der Waals surface area contributed by atoms with E-state index in [2.05, 4.69) is 5.43 Å². The lowest BCUT2D eigenvalue weighted by molar-refractivity contribution is 0.277. The molecule has 3 rings (SSSR count). The van der Waals surface area contributed by atoms with Crippen LogP contribution in [0, 0.1) is 23.6 Å². The van der Waals surface area contributed by atoms with Gasteiger partial charge < -0.3 is 0 Å². The highest BCUT2D eigenvalue weighted by Gasteiger charge is 2.40. The minimum absolute atomic E-state index is 0.179. The summed E-state index contributed by atoms with van der Waals surface area (Å²) in [4.78, 5) is 0. The van der Waals surface area contributed by atoms with Crippen molar-refractivity contribution >= 4 is 11.6 Å². The number of halogens is 2. The Balaban J connectivity index is 1.63. The van der Waals surface area contributed by atoms with E-state index < -0.39 is 0 Å². The number of hydrazine groups is 1. The van der Waals surface area contributed by atoms with Gasteiger partial charge in [0.05, 0.1) is 5.02 Å². The van der Waals surface area contributed by atoms with Crippen LogP contribution in [0.5, 0.6) is 0 Å². The van der Waals surface area contributed by atoms with Crippen LogP contribution in [-0.4, -0.2) is 6.04 Å². The van der Waals surface area contributed by atoms with Crippen molar-refractivity contribution < 1.29 is 4.39 Å². The Bertz CT molecular complexity index is 480. The van der Waals surface area contributed by atoms with Gasteiger partial charge in [-0.15, -0.1) is 0 Å². The Kier molecular flexibility index (Phi) is 4.29. The summed E-state index contributed by atoms with van der Waals surface area (Å²) in [7, 11) is 0. The first-order valence-electron chi connectivity index (χ1n) is 7.56. The number of nitrogens with two attached hydrogens (primary N) is 1. The van der Waals surface area contributed by atoms with Gasteiger partial charge in [0.2, 0.25) is 0 Å². The highest BCUT2D eigenvalue weighted by molar-refractivity contribution is 6.31. The van der Waals surface area contributed by atoms with Crippen LogP contribution in [0.4, 0.5) is 4.39 Å². The Hall–Kier alpha value is -0.640. The minimum atomic E-state index is -0.347. The van der Waals surface area contributed by atoms with E-state index in [1.165, 1.54) is 31.7 Å². The number of hydrogen-bond donors (Lipinski definition) is 2. The summed E-state index contributed by atoms with van der Waals surface area (Å²) in [5.74, 6) is 7.96. The molecule has 4 heteroatoms.